The number of hydrogen-bond donors (Lipinski definition) is 2. The minimum Gasteiger partial charge on any atom is -0.495 e. The van der Waals surface area contributed by atoms with Crippen molar-refractivity contribution in [1.29, 1.82) is 0 Å². The van der Waals surface area contributed by atoms with Crippen molar-refractivity contribution in [2.24, 2.45) is 0 Å². The van der Waals surface area contributed by atoms with Gasteiger partial charge in [0.25, 0.3) is 0 Å². The molecule has 0 aliphatic rings. The van der Waals surface area contributed by atoms with Crippen molar-refractivity contribution in [3.63, 3.8) is 0 Å². The minimum atomic E-state index is -0.446. The van der Waals surface area contributed by atoms with Gasteiger partial charge < -0.3 is 15.8 Å². The van der Waals surface area contributed by atoms with Crippen LogP contribution < -0.4 is 15.8 Å². The largest absolute Gasteiger partial charge is 0.495 e. The van der Waals surface area contributed by atoms with E-state index in [1.807, 2.05) is 54.6 Å². The average molecular weight is 399 g/mol. The number of benzene rings is 3. The number of thioether (sulfide) groups is 1. The van der Waals surface area contributed by atoms with Gasteiger partial charge in [-0.2, -0.15) is 0 Å². The van der Waals surface area contributed by atoms with Gasteiger partial charge in [-0.15, -0.1) is 11.8 Å². The molecule has 0 aliphatic heterocycles. The number of methoxy groups -OCH3 is 1. The lowest BCUT2D eigenvalue weighted by molar-refractivity contribution is -0.115. The van der Waals surface area contributed by atoms with E-state index in [1.165, 1.54) is 11.8 Å². The number of rotatable bonds is 6. The summed E-state index contributed by atoms with van der Waals surface area (Å²) in [5, 5.41) is 3.01. The predicted octanol–water partition coefficient (Wildman–Crippen LogP) is 5.40. The molecule has 6 heteroatoms. The Morgan fingerprint density at radius 3 is 2.44 bits per heavy atom. The molecule has 0 saturated carbocycles. The fourth-order valence-electron chi connectivity index (χ4n) is 2.56. The van der Waals surface area contributed by atoms with Gasteiger partial charge in [0.05, 0.1) is 12.8 Å². The molecular weight excluding hydrogens is 380 g/mol. The number of hydrogen-bond acceptors (Lipinski definition) is 4. The van der Waals surface area contributed by atoms with Crippen LogP contribution in [0, 0.1) is 0 Å². The van der Waals surface area contributed by atoms with E-state index in [0.29, 0.717) is 22.1 Å². The first-order chi connectivity index (χ1) is 13.1. The predicted molar refractivity (Wildman–Crippen MR) is 113 cm³/mol. The third-order valence-corrected chi connectivity index (χ3v) is 5.40. The molecule has 0 fully saturated rings. The number of nitrogens with one attached hydrogen (secondary N) is 1. The molecule has 138 valence electrons. The Morgan fingerprint density at radius 1 is 1.07 bits per heavy atom. The molecule has 3 rings (SSSR count). The van der Waals surface area contributed by atoms with Crippen LogP contribution in [0.3, 0.4) is 0 Å². The second-order valence-corrected chi connectivity index (χ2v) is 7.43. The maximum absolute atomic E-state index is 13.1. The maximum Gasteiger partial charge on any atom is 0.242 e. The van der Waals surface area contributed by atoms with Crippen LogP contribution in [-0.2, 0) is 4.79 Å². The minimum absolute atomic E-state index is 0.163. The van der Waals surface area contributed by atoms with Crippen LogP contribution in [0.4, 0.5) is 11.4 Å². The fourth-order valence-corrected chi connectivity index (χ4v) is 3.76. The number of ether oxygens (including phenoxy) is 1. The standard InChI is InChI=1S/C21H19ClN2O2S/c1-26-19-12-7-15(22)13-18(19)24-21(25)20(14-5-3-2-4-6-14)27-17-10-8-16(23)9-11-17/h2-13,20H,23H2,1H3,(H,24,25). The maximum atomic E-state index is 13.1. The van der Waals surface area contributed by atoms with Gasteiger partial charge in [0, 0.05) is 15.6 Å². The Labute approximate surface area is 167 Å². The van der Waals surface area contributed by atoms with Crippen molar-refractivity contribution in [1.82, 2.24) is 0 Å². The molecule has 0 bridgehead atoms. The summed E-state index contributed by atoms with van der Waals surface area (Å²) in [5.41, 5.74) is 7.88. The summed E-state index contributed by atoms with van der Waals surface area (Å²) in [4.78, 5) is 14.1. The number of carbonyl (C=O) groups is 1. The first kappa shape index (κ1) is 19.1. The molecule has 4 nitrogen and oxygen atoms in total. The summed E-state index contributed by atoms with van der Waals surface area (Å²) < 4.78 is 5.32. The van der Waals surface area contributed by atoms with E-state index >= 15 is 0 Å². The highest BCUT2D eigenvalue weighted by molar-refractivity contribution is 8.00. The van der Waals surface area contributed by atoms with E-state index in [4.69, 9.17) is 22.1 Å². The number of anilines is 2. The van der Waals surface area contributed by atoms with Crippen LogP contribution in [0.1, 0.15) is 10.8 Å². The van der Waals surface area contributed by atoms with Gasteiger partial charge in [-0.1, -0.05) is 41.9 Å². The molecule has 0 radical (unpaired) electrons. The van der Waals surface area contributed by atoms with Crippen molar-refractivity contribution < 1.29 is 9.53 Å². The van der Waals surface area contributed by atoms with E-state index in [0.717, 1.165) is 10.5 Å². The van der Waals surface area contributed by atoms with Gasteiger partial charge in [-0.05, 0) is 48.0 Å². The van der Waals surface area contributed by atoms with Gasteiger partial charge >= 0.3 is 0 Å². The topological polar surface area (TPSA) is 64.3 Å². The molecule has 3 aromatic rings. The van der Waals surface area contributed by atoms with Gasteiger partial charge in [0.15, 0.2) is 0 Å². The first-order valence-electron chi connectivity index (χ1n) is 8.28. The Kier molecular flexibility index (Phi) is 6.27. The normalized spacial score (nSPS) is 11.6. The highest BCUT2D eigenvalue weighted by Gasteiger charge is 2.23. The number of halogens is 1. The molecular formula is C21H19ClN2O2S. The van der Waals surface area contributed by atoms with Crippen molar-refractivity contribution >= 4 is 40.6 Å². The lowest BCUT2D eigenvalue weighted by atomic mass is 10.1. The van der Waals surface area contributed by atoms with Crippen LogP contribution in [0.5, 0.6) is 5.75 Å². The second-order valence-electron chi connectivity index (χ2n) is 5.81. The molecule has 0 heterocycles. The smallest absolute Gasteiger partial charge is 0.242 e. The number of nitrogens with two attached hydrogens (primary N) is 1. The Morgan fingerprint density at radius 2 is 1.78 bits per heavy atom. The summed E-state index contributed by atoms with van der Waals surface area (Å²) >= 11 is 7.53. The summed E-state index contributed by atoms with van der Waals surface area (Å²) in [5.74, 6) is 0.389. The average Bonchev–Trinajstić information content (AvgIpc) is 2.68. The highest BCUT2D eigenvalue weighted by Crippen LogP contribution is 2.37. The van der Waals surface area contributed by atoms with Gasteiger partial charge in [0.2, 0.25) is 5.91 Å². The summed E-state index contributed by atoms with van der Waals surface area (Å²) in [7, 11) is 1.55. The molecule has 0 aliphatic carbocycles. The van der Waals surface area contributed by atoms with E-state index in [1.54, 1.807) is 25.3 Å². The molecule has 1 unspecified atom stereocenters. The zero-order valence-electron chi connectivity index (χ0n) is 14.7. The molecule has 1 amide bonds. The van der Waals surface area contributed by atoms with Crippen LogP contribution in [0.25, 0.3) is 0 Å². The highest BCUT2D eigenvalue weighted by atomic mass is 35.5. The van der Waals surface area contributed by atoms with Crippen molar-refractivity contribution in [3.8, 4) is 5.75 Å². The van der Waals surface area contributed by atoms with E-state index in [9.17, 15) is 4.79 Å². The van der Waals surface area contributed by atoms with Crippen molar-refractivity contribution in [2.75, 3.05) is 18.2 Å². The molecule has 1 atom stereocenters. The Bertz CT molecular complexity index is 917. The van der Waals surface area contributed by atoms with E-state index in [-0.39, 0.29) is 5.91 Å². The SMILES string of the molecule is COc1ccc(Cl)cc1NC(=O)C(Sc1ccc(N)cc1)c1ccccc1. The molecule has 0 spiro atoms. The van der Waals surface area contributed by atoms with Crippen LogP contribution >= 0.6 is 23.4 Å². The van der Waals surface area contributed by atoms with Crippen LogP contribution in [-0.4, -0.2) is 13.0 Å². The monoisotopic (exact) mass is 398 g/mol. The summed E-state index contributed by atoms with van der Waals surface area (Å²) in [6.45, 7) is 0. The van der Waals surface area contributed by atoms with Gasteiger partial charge in [0.1, 0.15) is 11.0 Å². The van der Waals surface area contributed by atoms with E-state index < -0.39 is 5.25 Å². The van der Waals surface area contributed by atoms with Gasteiger partial charge in [-0.25, -0.2) is 0 Å². The fraction of sp³-hybridized carbons (Fsp3) is 0.0952. The summed E-state index contributed by atoms with van der Waals surface area (Å²) in [6, 6.07) is 22.2. The van der Waals surface area contributed by atoms with E-state index in [2.05, 4.69) is 5.32 Å². The lowest BCUT2D eigenvalue weighted by Gasteiger charge is -2.18. The molecule has 0 saturated heterocycles. The quantitative estimate of drug-likeness (QED) is 0.431. The van der Waals surface area contributed by atoms with Gasteiger partial charge in [-0.3, -0.25) is 4.79 Å². The Hall–Kier alpha value is -2.63. The van der Waals surface area contributed by atoms with Crippen LogP contribution in [0.2, 0.25) is 5.02 Å². The summed E-state index contributed by atoms with van der Waals surface area (Å²) in [6.07, 6.45) is 0. The molecule has 3 aromatic carbocycles. The lowest BCUT2D eigenvalue weighted by Crippen LogP contribution is -2.19. The third-order valence-electron chi connectivity index (χ3n) is 3.89. The Balaban J connectivity index is 1.89. The van der Waals surface area contributed by atoms with Crippen molar-refractivity contribution in [2.45, 2.75) is 10.1 Å². The number of carbonyl (C=O) groups excluding carboxylic acids is 1. The molecule has 0 aromatic heterocycles. The first-order valence-corrected chi connectivity index (χ1v) is 9.54. The zero-order chi connectivity index (χ0) is 19.2. The third kappa shape index (κ3) is 4.96. The molecule has 27 heavy (non-hydrogen) atoms. The number of amides is 1. The van der Waals surface area contributed by atoms with Crippen LogP contribution in [0.15, 0.2) is 77.7 Å². The second kappa shape index (κ2) is 8.84. The number of nitrogen functional groups attached to an aromatic ring is 1. The zero-order valence-corrected chi connectivity index (χ0v) is 16.3. The van der Waals surface area contributed by atoms with Crippen molar-refractivity contribution in [3.05, 3.63) is 83.4 Å². The molecule has 3 N–H and O–H groups in total.